The Morgan fingerprint density at radius 3 is 2.15 bits per heavy atom. The van der Waals surface area contributed by atoms with Crippen LogP contribution in [0, 0.1) is 6.92 Å². The van der Waals surface area contributed by atoms with Gasteiger partial charge in [0.2, 0.25) is 5.72 Å². The van der Waals surface area contributed by atoms with Crippen LogP contribution in [0.4, 0.5) is 5.69 Å². The van der Waals surface area contributed by atoms with Gasteiger partial charge >= 0.3 is 0 Å². The van der Waals surface area contributed by atoms with E-state index in [0.29, 0.717) is 15.9 Å². The Hall–Kier alpha value is -1.71. The summed E-state index contributed by atoms with van der Waals surface area (Å²) in [5.41, 5.74) is 2.56. The Morgan fingerprint density at radius 2 is 1.54 bits per heavy atom. The van der Waals surface area contributed by atoms with Gasteiger partial charge in [0.15, 0.2) is 5.84 Å². The van der Waals surface area contributed by atoms with Crippen molar-refractivity contribution in [3.8, 4) is 0 Å². The van der Waals surface area contributed by atoms with Crippen LogP contribution in [-0.4, -0.2) is 11.6 Å². The summed E-state index contributed by atoms with van der Waals surface area (Å²) in [6.45, 7) is 2.09. The summed E-state index contributed by atoms with van der Waals surface area (Å²) in [4.78, 5) is 8.35. The zero-order chi connectivity index (χ0) is 18.1. The van der Waals surface area contributed by atoms with E-state index in [2.05, 4.69) is 41.2 Å². The van der Waals surface area contributed by atoms with Crippen molar-refractivity contribution < 1.29 is 4.84 Å². The van der Waals surface area contributed by atoms with Crippen molar-refractivity contribution in [2.24, 2.45) is 5.16 Å². The lowest BCUT2D eigenvalue weighted by Gasteiger charge is -2.37. The Kier molecular flexibility index (Phi) is 4.85. The summed E-state index contributed by atoms with van der Waals surface area (Å²) in [5, 5.41) is 5.67. The molecule has 0 unspecified atom stereocenters. The molecule has 4 rings (SSSR count). The standard InChI is InChI=1S/C21H22Cl2N2O/c1-15-9-11-16(12-10-15)25-20(19-17(22)7-6-8-18(19)23)24-26-21(25)13-4-2-3-5-14-21/h6-12H,2-5,13-14H2,1H3. The summed E-state index contributed by atoms with van der Waals surface area (Å²) < 4.78 is 0. The Labute approximate surface area is 164 Å². The van der Waals surface area contributed by atoms with Gasteiger partial charge in [-0.2, -0.15) is 0 Å². The number of hydrogen-bond acceptors (Lipinski definition) is 3. The second-order valence-corrected chi connectivity index (χ2v) is 7.95. The number of oxime groups is 1. The van der Waals surface area contributed by atoms with Gasteiger partial charge in [-0.15, -0.1) is 0 Å². The molecule has 2 aromatic carbocycles. The Balaban J connectivity index is 1.84. The fourth-order valence-corrected chi connectivity index (χ4v) is 4.49. The van der Waals surface area contributed by atoms with Crippen molar-refractivity contribution in [2.75, 3.05) is 4.90 Å². The second-order valence-electron chi connectivity index (χ2n) is 7.13. The first kappa shape index (κ1) is 17.7. The molecule has 0 saturated heterocycles. The maximum Gasteiger partial charge on any atom is 0.215 e. The maximum atomic E-state index is 6.50. The van der Waals surface area contributed by atoms with Crippen LogP contribution >= 0.6 is 23.2 Å². The molecule has 1 heterocycles. The molecule has 1 spiro atoms. The monoisotopic (exact) mass is 388 g/mol. The van der Waals surface area contributed by atoms with E-state index in [4.69, 9.17) is 28.0 Å². The molecular formula is C21H22Cl2N2O. The Morgan fingerprint density at radius 1 is 0.923 bits per heavy atom. The van der Waals surface area contributed by atoms with E-state index in [1.54, 1.807) is 0 Å². The third kappa shape index (κ3) is 3.08. The van der Waals surface area contributed by atoms with Crippen LogP contribution in [0.15, 0.2) is 47.6 Å². The van der Waals surface area contributed by atoms with Crippen molar-refractivity contribution in [1.82, 2.24) is 0 Å². The number of nitrogens with zero attached hydrogens (tertiary/aromatic N) is 2. The predicted octanol–water partition coefficient (Wildman–Crippen LogP) is 6.55. The minimum Gasteiger partial charge on any atom is -0.365 e. The SMILES string of the molecule is Cc1ccc(N2C(c3c(Cl)cccc3Cl)=NOC23CCCCCC3)cc1. The third-order valence-corrected chi connectivity index (χ3v) is 5.91. The highest BCUT2D eigenvalue weighted by Gasteiger charge is 2.48. The largest absolute Gasteiger partial charge is 0.365 e. The highest BCUT2D eigenvalue weighted by molar-refractivity contribution is 6.41. The third-order valence-electron chi connectivity index (χ3n) is 5.28. The van der Waals surface area contributed by atoms with Crippen molar-refractivity contribution in [3.63, 3.8) is 0 Å². The summed E-state index contributed by atoms with van der Waals surface area (Å²) in [5.74, 6) is 0.700. The zero-order valence-electron chi connectivity index (χ0n) is 14.8. The average molecular weight is 389 g/mol. The first-order valence-electron chi connectivity index (χ1n) is 9.18. The van der Waals surface area contributed by atoms with Gasteiger partial charge in [-0.05, 0) is 44.0 Å². The number of hydrogen-bond donors (Lipinski definition) is 0. The molecule has 0 amide bonds. The van der Waals surface area contributed by atoms with Gasteiger partial charge < -0.3 is 4.84 Å². The van der Waals surface area contributed by atoms with Crippen LogP contribution in [0.25, 0.3) is 0 Å². The number of amidine groups is 1. The molecule has 0 bridgehead atoms. The smallest absolute Gasteiger partial charge is 0.215 e. The summed E-state index contributed by atoms with van der Waals surface area (Å²) in [6, 6.07) is 14.0. The van der Waals surface area contributed by atoms with E-state index in [-0.39, 0.29) is 0 Å². The second kappa shape index (κ2) is 7.13. The van der Waals surface area contributed by atoms with Crippen molar-refractivity contribution in [3.05, 3.63) is 63.6 Å². The number of rotatable bonds is 2. The van der Waals surface area contributed by atoms with Crippen LogP contribution in [0.1, 0.15) is 49.7 Å². The number of halogens is 2. The highest BCUT2D eigenvalue weighted by Crippen LogP contribution is 2.43. The molecule has 0 N–H and O–H groups in total. The summed E-state index contributed by atoms with van der Waals surface area (Å²) in [7, 11) is 0. The molecule has 26 heavy (non-hydrogen) atoms. The number of benzene rings is 2. The van der Waals surface area contributed by atoms with Crippen LogP contribution in [0.5, 0.6) is 0 Å². The first-order valence-corrected chi connectivity index (χ1v) is 9.94. The van der Waals surface area contributed by atoms with E-state index >= 15 is 0 Å². The maximum absolute atomic E-state index is 6.50. The number of anilines is 1. The van der Waals surface area contributed by atoms with E-state index in [1.807, 2.05) is 18.2 Å². The fourth-order valence-electron chi connectivity index (χ4n) is 3.92. The minimum atomic E-state index is -0.455. The Bertz CT molecular complexity index is 804. The summed E-state index contributed by atoms with van der Waals surface area (Å²) >= 11 is 13.0. The lowest BCUT2D eigenvalue weighted by Crippen LogP contribution is -2.49. The minimum absolute atomic E-state index is 0.455. The van der Waals surface area contributed by atoms with E-state index in [9.17, 15) is 0 Å². The zero-order valence-corrected chi connectivity index (χ0v) is 16.4. The van der Waals surface area contributed by atoms with Crippen molar-refractivity contribution >= 4 is 34.7 Å². The molecular weight excluding hydrogens is 367 g/mol. The average Bonchev–Trinajstić information content (AvgIpc) is 2.81. The van der Waals surface area contributed by atoms with Crippen LogP contribution < -0.4 is 4.90 Å². The quantitative estimate of drug-likeness (QED) is 0.582. The first-order chi connectivity index (χ1) is 12.6. The molecule has 3 nitrogen and oxygen atoms in total. The van der Waals surface area contributed by atoms with Gasteiger partial charge in [0.05, 0.1) is 15.6 Å². The molecule has 136 valence electrons. The van der Waals surface area contributed by atoms with Gasteiger partial charge in [-0.25, -0.2) is 0 Å². The van der Waals surface area contributed by atoms with E-state index in [0.717, 1.165) is 36.9 Å². The lowest BCUT2D eigenvalue weighted by atomic mass is 9.99. The highest BCUT2D eigenvalue weighted by atomic mass is 35.5. The van der Waals surface area contributed by atoms with Crippen LogP contribution in [0.3, 0.4) is 0 Å². The van der Waals surface area contributed by atoms with E-state index in [1.165, 1.54) is 18.4 Å². The lowest BCUT2D eigenvalue weighted by molar-refractivity contribution is -0.0282. The topological polar surface area (TPSA) is 24.8 Å². The summed E-state index contributed by atoms with van der Waals surface area (Å²) in [6.07, 6.45) is 6.60. The molecule has 5 heteroatoms. The van der Waals surface area contributed by atoms with Crippen molar-refractivity contribution in [1.29, 1.82) is 0 Å². The van der Waals surface area contributed by atoms with Crippen molar-refractivity contribution in [2.45, 2.75) is 51.2 Å². The molecule has 1 aliphatic heterocycles. The molecule has 2 aliphatic rings. The molecule has 0 atom stereocenters. The predicted molar refractivity (Wildman–Crippen MR) is 108 cm³/mol. The molecule has 1 fully saturated rings. The molecule has 1 aliphatic carbocycles. The van der Waals surface area contributed by atoms with Gasteiger partial charge in [0.25, 0.3) is 0 Å². The molecule has 2 aromatic rings. The van der Waals surface area contributed by atoms with Crippen LogP contribution in [-0.2, 0) is 4.84 Å². The van der Waals surface area contributed by atoms with Gasteiger partial charge in [-0.3, -0.25) is 4.90 Å². The molecule has 0 radical (unpaired) electrons. The van der Waals surface area contributed by atoms with E-state index < -0.39 is 5.72 Å². The normalized spacial score (nSPS) is 19.2. The number of aryl methyl sites for hydroxylation is 1. The van der Waals surface area contributed by atoms with Gasteiger partial charge in [0.1, 0.15) is 0 Å². The molecule has 0 aromatic heterocycles. The van der Waals surface area contributed by atoms with Gasteiger partial charge in [-0.1, -0.05) is 65.0 Å². The van der Waals surface area contributed by atoms with Gasteiger partial charge in [0, 0.05) is 18.5 Å². The van der Waals surface area contributed by atoms with Crippen LogP contribution in [0.2, 0.25) is 10.0 Å². The molecule has 1 saturated carbocycles. The fraction of sp³-hybridized carbons (Fsp3) is 0.381.